The molecule has 0 amide bonds. The summed E-state index contributed by atoms with van der Waals surface area (Å²) in [6.07, 6.45) is 0. The van der Waals surface area contributed by atoms with Crippen LogP contribution in [0.15, 0.2) is 12.1 Å². The topological polar surface area (TPSA) is 33.0 Å². The molecular weight excluding hydrogens is 186 g/mol. The molecule has 80 valence electrons. The van der Waals surface area contributed by atoms with Crippen molar-refractivity contribution in [1.29, 1.82) is 5.26 Å². The SMILES string of the molecule is COc1c(C)cc(C(C)(C)C#N)cc1C. The smallest absolute Gasteiger partial charge is 0.124 e. The van der Waals surface area contributed by atoms with Crippen molar-refractivity contribution in [2.45, 2.75) is 33.1 Å². The van der Waals surface area contributed by atoms with Crippen molar-refractivity contribution in [3.8, 4) is 11.8 Å². The van der Waals surface area contributed by atoms with Gasteiger partial charge in [0.25, 0.3) is 0 Å². The molecule has 2 nitrogen and oxygen atoms in total. The molecule has 0 unspecified atom stereocenters. The van der Waals surface area contributed by atoms with Crippen molar-refractivity contribution < 1.29 is 4.74 Å². The number of aryl methyl sites for hydroxylation is 2. The van der Waals surface area contributed by atoms with E-state index in [4.69, 9.17) is 10.00 Å². The minimum absolute atomic E-state index is 0.443. The quantitative estimate of drug-likeness (QED) is 0.739. The van der Waals surface area contributed by atoms with Crippen molar-refractivity contribution in [2.75, 3.05) is 7.11 Å². The Kier molecular flexibility index (Phi) is 3.04. The maximum absolute atomic E-state index is 9.07. The lowest BCUT2D eigenvalue weighted by molar-refractivity contribution is 0.408. The predicted molar refractivity (Wildman–Crippen MR) is 61.1 cm³/mol. The second-order valence-corrected chi connectivity index (χ2v) is 4.38. The summed E-state index contributed by atoms with van der Waals surface area (Å²) in [6.45, 7) is 7.85. The monoisotopic (exact) mass is 203 g/mol. The van der Waals surface area contributed by atoms with E-state index < -0.39 is 5.41 Å². The van der Waals surface area contributed by atoms with E-state index in [0.717, 1.165) is 22.4 Å². The Balaban J connectivity index is 3.34. The summed E-state index contributed by atoms with van der Waals surface area (Å²) < 4.78 is 5.29. The van der Waals surface area contributed by atoms with Crippen LogP contribution in [0.5, 0.6) is 5.75 Å². The first-order valence-corrected chi connectivity index (χ1v) is 4.99. The molecule has 0 aliphatic heterocycles. The highest BCUT2D eigenvalue weighted by atomic mass is 16.5. The Hall–Kier alpha value is -1.49. The zero-order chi connectivity index (χ0) is 11.6. The number of rotatable bonds is 2. The van der Waals surface area contributed by atoms with E-state index in [1.807, 2.05) is 39.8 Å². The summed E-state index contributed by atoms with van der Waals surface area (Å²) in [7, 11) is 1.67. The summed E-state index contributed by atoms with van der Waals surface area (Å²) in [6, 6.07) is 6.35. The van der Waals surface area contributed by atoms with Crippen molar-refractivity contribution in [2.24, 2.45) is 0 Å². The lowest BCUT2D eigenvalue weighted by Crippen LogP contribution is -2.14. The lowest BCUT2D eigenvalue weighted by atomic mass is 9.84. The summed E-state index contributed by atoms with van der Waals surface area (Å²) in [5.41, 5.74) is 2.76. The van der Waals surface area contributed by atoms with Gasteiger partial charge in [0.2, 0.25) is 0 Å². The van der Waals surface area contributed by atoms with Gasteiger partial charge in [0.15, 0.2) is 0 Å². The average Bonchev–Trinajstić information content (AvgIpc) is 2.17. The molecule has 0 heterocycles. The van der Waals surface area contributed by atoms with Gasteiger partial charge in [-0.1, -0.05) is 12.1 Å². The van der Waals surface area contributed by atoms with E-state index in [1.54, 1.807) is 7.11 Å². The molecule has 0 radical (unpaired) electrons. The van der Waals surface area contributed by atoms with Gasteiger partial charge in [-0.05, 0) is 44.4 Å². The first-order chi connectivity index (χ1) is 6.92. The van der Waals surface area contributed by atoms with Crippen LogP contribution in [0.3, 0.4) is 0 Å². The molecule has 0 aromatic heterocycles. The second kappa shape index (κ2) is 3.94. The van der Waals surface area contributed by atoms with Gasteiger partial charge in [-0.25, -0.2) is 0 Å². The molecular formula is C13H17NO. The average molecular weight is 203 g/mol. The molecule has 15 heavy (non-hydrogen) atoms. The highest BCUT2D eigenvalue weighted by molar-refractivity contribution is 5.46. The Morgan fingerprint density at radius 1 is 1.20 bits per heavy atom. The van der Waals surface area contributed by atoms with Crippen LogP contribution in [0.2, 0.25) is 0 Å². The number of methoxy groups -OCH3 is 1. The van der Waals surface area contributed by atoms with Gasteiger partial charge in [-0.15, -0.1) is 0 Å². The van der Waals surface area contributed by atoms with Gasteiger partial charge < -0.3 is 4.74 Å². The molecule has 0 saturated heterocycles. The third kappa shape index (κ3) is 2.12. The molecule has 0 fully saturated rings. The van der Waals surface area contributed by atoms with Crippen LogP contribution in [0.4, 0.5) is 0 Å². The van der Waals surface area contributed by atoms with Gasteiger partial charge in [-0.2, -0.15) is 5.26 Å². The van der Waals surface area contributed by atoms with Crippen LogP contribution in [0.1, 0.15) is 30.5 Å². The van der Waals surface area contributed by atoms with E-state index in [1.165, 1.54) is 0 Å². The summed E-state index contributed by atoms with van der Waals surface area (Å²) in [5, 5.41) is 9.07. The zero-order valence-corrected chi connectivity index (χ0v) is 10.0. The highest BCUT2D eigenvalue weighted by Crippen LogP contribution is 2.30. The fourth-order valence-electron chi connectivity index (χ4n) is 1.70. The molecule has 1 rings (SSSR count). The molecule has 0 aliphatic rings. The minimum Gasteiger partial charge on any atom is -0.496 e. The van der Waals surface area contributed by atoms with Crippen LogP contribution in [-0.2, 0) is 5.41 Å². The standard InChI is InChI=1S/C13H17NO/c1-9-6-11(13(3,4)8-14)7-10(2)12(9)15-5/h6-7H,1-5H3. The van der Waals surface area contributed by atoms with Gasteiger partial charge in [0.05, 0.1) is 18.6 Å². The van der Waals surface area contributed by atoms with E-state index in [-0.39, 0.29) is 0 Å². The third-order valence-electron chi connectivity index (χ3n) is 2.67. The number of hydrogen-bond donors (Lipinski definition) is 0. The predicted octanol–water partition coefficient (Wildman–Crippen LogP) is 3.11. The lowest BCUT2D eigenvalue weighted by Gasteiger charge is -2.19. The molecule has 0 aliphatic carbocycles. The maximum atomic E-state index is 9.07. The highest BCUT2D eigenvalue weighted by Gasteiger charge is 2.21. The van der Waals surface area contributed by atoms with Crippen LogP contribution < -0.4 is 4.74 Å². The number of ether oxygens (including phenoxy) is 1. The van der Waals surface area contributed by atoms with E-state index in [0.29, 0.717) is 0 Å². The molecule has 2 heteroatoms. The number of benzene rings is 1. The largest absolute Gasteiger partial charge is 0.496 e. The molecule has 1 aromatic carbocycles. The van der Waals surface area contributed by atoms with Crippen LogP contribution in [0.25, 0.3) is 0 Å². The molecule has 0 saturated carbocycles. The van der Waals surface area contributed by atoms with E-state index in [9.17, 15) is 0 Å². The Bertz CT molecular complexity index is 390. The van der Waals surface area contributed by atoms with Gasteiger partial charge in [0, 0.05) is 0 Å². The second-order valence-electron chi connectivity index (χ2n) is 4.38. The first-order valence-electron chi connectivity index (χ1n) is 4.99. The van der Waals surface area contributed by atoms with Crippen LogP contribution in [-0.4, -0.2) is 7.11 Å². The number of nitrogens with zero attached hydrogens (tertiary/aromatic N) is 1. The fourth-order valence-corrected chi connectivity index (χ4v) is 1.70. The van der Waals surface area contributed by atoms with Crippen molar-refractivity contribution in [1.82, 2.24) is 0 Å². The molecule has 0 bridgehead atoms. The Labute approximate surface area is 91.5 Å². The van der Waals surface area contributed by atoms with E-state index >= 15 is 0 Å². The normalized spacial score (nSPS) is 10.9. The van der Waals surface area contributed by atoms with Gasteiger partial charge in [-0.3, -0.25) is 0 Å². The van der Waals surface area contributed by atoms with Gasteiger partial charge in [0.1, 0.15) is 5.75 Å². The summed E-state index contributed by atoms with van der Waals surface area (Å²) in [4.78, 5) is 0. The van der Waals surface area contributed by atoms with Crippen LogP contribution in [0, 0.1) is 25.2 Å². The first kappa shape index (κ1) is 11.6. The zero-order valence-electron chi connectivity index (χ0n) is 10.0. The van der Waals surface area contributed by atoms with Crippen molar-refractivity contribution in [3.05, 3.63) is 28.8 Å². The van der Waals surface area contributed by atoms with Gasteiger partial charge >= 0.3 is 0 Å². The summed E-state index contributed by atoms with van der Waals surface area (Å²) >= 11 is 0. The molecule has 0 N–H and O–H groups in total. The molecule has 0 spiro atoms. The molecule has 1 aromatic rings. The molecule has 0 atom stereocenters. The number of nitriles is 1. The van der Waals surface area contributed by atoms with Crippen molar-refractivity contribution in [3.63, 3.8) is 0 Å². The Morgan fingerprint density at radius 2 is 1.67 bits per heavy atom. The summed E-state index contributed by atoms with van der Waals surface area (Å²) in [5.74, 6) is 0.910. The minimum atomic E-state index is -0.443. The number of hydrogen-bond acceptors (Lipinski definition) is 2. The Morgan fingerprint density at radius 3 is 2.00 bits per heavy atom. The van der Waals surface area contributed by atoms with E-state index in [2.05, 4.69) is 6.07 Å². The third-order valence-corrected chi connectivity index (χ3v) is 2.67. The van der Waals surface area contributed by atoms with Crippen molar-refractivity contribution >= 4 is 0 Å². The fraction of sp³-hybridized carbons (Fsp3) is 0.462. The maximum Gasteiger partial charge on any atom is 0.124 e. The van der Waals surface area contributed by atoms with Crippen LogP contribution >= 0.6 is 0 Å².